The molecule has 1 aromatic carbocycles. The summed E-state index contributed by atoms with van der Waals surface area (Å²) >= 11 is 0. The second-order valence-electron chi connectivity index (χ2n) is 8.19. The van der Waals surface area contributed by atoms with Crippen LogP contribution in [0.4, 0.5) is 5.69 Å². The highest BCUT2D eigenvalue weighted by Crippen LogP contribution is 2.35. The van der Waals surface area contributed by atoms with E-state index in [0.717, 1.165) is 57.8 Å². The van der Waals surface area contributed by atoms with Gasteiger partial charge < -0.3 is 19.4 Å². The Balaban J connectivity index is 1.52. The van der Waals surface area contributed by atoms with Gasteiger partial charge in [-0.1, -0.05) is 18.2 Å². The summed E-state index contributed by atoms with van der Waals surface area (Å²) < 4.78 is 5.48. The van der Waals surface area contributed by atoms with Crippen molar-refractivity contribution in [3.63, 3.8) is 0 Å². The van der Waals surface area contributed by atoms with Crippen LogP contribution in [-0.2, 0) is 14.3 Å². The molecule has 3 heterocycles. The molecule has 0 aromatic heterocycles. The second kappa shape index (κ2) is 7.60. The summed E-state index contributed by atoms with van der Waals surface area (Å²) in [5.74, 6) is 0.684. The van der Waals surface area contributed by atoms with Crippen LogP contribution in [0.25, 0.3) is 0 Å². The molecule has 6 heteroatoms. The molecule has 1 atom stereocenters. The van der Waals surface area contributed by atoms with Crippen molar-refractivity contribution < 1.29 is 14.3 Å². The van der Waals surface area contributed by atoms with E-state index in [9.17, 15) is 9.59 Å². The van der Waals surface area contributed by atoms with Crippen molar-refractivity contribution in [3.8, 4) is 0 Å². The minimum Gasteiger partial charge on any atom is -0.381 e. The summed E-state index contributed by atoms with van der Waals surface area (Å²) in [6.45, 7) is 6.97. The Hall–Kier alpha value is -1.92. The third kappa shape index (κ3) is 3.73. The first kappa shape index (κ1) is 18.4. The fraction of sp³-hybridized carbons (Fsp3) is 0.619. The summed E-state index contributed by atoms with van der Waals surface area (Å²) in [6.07, 6.45) is 3.16. The molecule has 0 unspecified atom stereocenters. The lowest BCUT2D eigenvalue weighted by atomic mass is 9.91. The van der Waals surface area contributed by atoms with Gasteiger partial charge in [0.1, 0.15) is 6.54 Å². The topological polar surface area (TPSA) is 53.1 Å². The molecule has 3 fully saturated rings. The van der Waals surface area contributed by atoms with E-state index >= 15 is 0 Å². The van der Waals surface area contributed by atoms with Crippen LogP contribution in [0.15, 0.2) is 30.3 Å². The van der Waals surface area contributed by atoms with Crippen LogP contribution in [-0.4, -0.2) is 73.1 Å². The zero-order chi connectivity index (χ0) is 18.9. The number of anilines is 1. The average molecular weight is 371 g/mol. The maximum atomic E-state index is 12.8. The highest BCUT2D eigenvalue weighted by atomic mass is 16.5. The lowest BCUT2D eigenvalue weighted by Gasteiger charge is -2.48. The van der Waals surface area contributed by atoms with Crippen LogP contribution < -0.4 is 4.90 Å². The number of ether oxygens (including phenoxy) is 1. The van der Waals surface area contributed by atoms with Gasteiger partial charge in [0.25, 0.3) is 0 Å². The van der Waals surface area contributed by atoms with Gasteiger partial charge in [-0.3, -0.25) is 9.59 Å². The number of amides is 2. The Bertz CT molecular complexity index is 689. The second-order valence-corrected chi connectivity index (χ2v) is 8.19. The van der Waals surface area contributed by atoms with Gasteiger partial charge in [-0.25, -0.2) is 0 Å². The predicted octanol–water partition coefficient (Wildman–Crippen LogP) is 1.75. The Labute approximate surface area is 161 Å². The predicted molar refractivity (Wildman–Crippen MR) is 104 cm³/mol. The number of likely N-dealkylation sites (tertiary alicyclic amines) is 1. The maximum absolute atomic E-state index is 12.8. The molecule has 4 rings (SSSR count). The van der Waals surface area contributed by atoms with Crippen LogP contribution in [0.2, 0.25) is 0 Å². The first-order chi connectivity index (χ1) is 13.1. The Morgan fingerprint density at radius 1 is 1.19 bits per heavy atom. The van der Waals surface area contributed by atoms with E-state index in [-0.39, 0.29) is 23.9 Å². The van der Waals surface area contributed by atoms with Gasteiger partial charge in [0.15, 0.2) is 0 Å². The number of hydrogen-bond donors (Lipinski definition) is 0. The molecule has 0 N–H and O–H groups in total. The van der Waals surface area contributed by atoms with Crippen molar-refractivity contribution in [2.75, 3.05) is 50.8 Å². The monoisotopic (exact) mass is 371 g/mol. The normalized spacial score (nSPS) is 27.5. The lowest BCUT2D eigenvalue weighted by Crippen LogP contribution is -2.66. The highest BCUT2D eigenvalue weighted by Gasteiger charge is 2.50. The lowest BCUT2D eigenvalue weighted by molar-refractivity contribution is -0.142. The van der Waals surface area contributed by atoms with Crippen molar-refractivity contribution in [3.05, 3.63) is 30.3 Å². The average Bonchev–Trinajstić information content (AvgIpc) is 3.07. The minimum atomic E-state index is -0.277. The Kier molecular flexibility index (Phi) is 5.19. The van der Waals surface area contributed by atoms with Gasteiger partial charge in [-0.2, -0.15) is 0 Å². The third-order valence-electron chi connectivity index (χ3n) is 6.34. The molecule has 3 aliphatic heterocycles. The molecule has 0 aliphatic carbocycles. The van der Waals surface area contributed by atoms with Crippen LogP contribution >= 0.6 is 0 Å². The zero-order valence-electron chi connectivity index (χ0n) is 16.1. The minimum absolute atomic E-state index is 0.00368. The number of nitrogens with zero attached hydrogens (tertiary/aromatic N) is 3. The molecule has 3 saturated heterocycles. The molecule has 0 bridgehead atoms. The number of carbonyl (C=O) groups is 2. The quantitative estimate of drug-likeness (QED) is 0.812. The van der Waals surface area contributed by atoms with E-state index in [1.54, 1.807) is 6.92 Å². The molecule has 3 aliphatic rings. The van der Waals surface area contributed by atoms with Gasteiger partial charge in [-0.15, -0.1) is 0 Å². The van der Waals surface area contributed by atoms with E-state index in [2.05, 4.69) is 4.90 Å². The van der Waals surface area contributed by atoms with E-state index in [1.807, 2.05) is 40.1 Å². The van der Waals surface area contributed by atoms with Crippen molar-refractivity contribution in [2.45, 2.75) is 31.7 Å². The van der Waals surface area contributed by atoms with Gasteiger partial charge in [0, 0.05) is 45.5 Å². The van der Waals surface area contributed by atoms with E-state index < -0.39 is 0 Å². The van der Waals surface area contributed by atoms with E-state index in [0.29, 0.717) is 12.5 Å². The van der Waals surface area contributed by atoms with Gasteiger partial charge >= 0.3 is 0 Å². The molecule has 6 nitrogen and oxygen atoms in total. The van der Waals surface area contributed by atoms with E-state index in [4.69, 9.17) is 4.74 Å². The number of para-hydroxylation sites is 1. The molecule has 1 aromatic rings. The first-order valence-electron chi connectivity index (χ1n) is 10.0. The summed E-state index contributed by atoms with van der Waals surface area (Å²) in [7, 11) is 0. The molecular formula is C21H29N3O3. The Morgan fingerprint density at radius 3 is 2.63 bits per heavy atom. The zero-order valence-corrected chi connectivity index (χ0v) is 16.1. The largest absolute Gasteiger partial charge is 0.381 e. The molecule has 146 valence electrons. The molecule has 2 amide bonds. The fourth-order valence-electron chi connectivity index (χ4n) is 4.88. The smallest absolute Gasteiger partial charge is 0.246 e. The maximum Gasteiger partial charge on any atom is 0.246 e. The number of piperazine rings is 1. The number of benzene rings is 1. The molecule has 27 heavy (non-hydrogen) atoms. The van der Waals surface area contributed by atoms with E-state index in [1.165, 1.54) is 0 Å². The van der Waals surface area contributed by atoms with Crippen molar-refractivity contribution in [2.24, 2.45) is 5.92 Å². The summed E-state index contributed by atoms with van der Waals surface area (Å²) in [5.41, 5.74) is 0.647. The SMILES string of the molecule is CC(=O)N1CC(=O)N(c2ccccc2)C[C@@]12CCN(CC1CCOCC1)C2. The third-order valence-corrected chi connectivity index (χ3v) is 6.34. The van der Waals surface area contributed by atoms with Crippen LogP contribution in [0.1, 0.15) is 26.2 Å². The molecule has 1 spiro atoms. The number of rotatable bonds is 3. The van der Waals surface area contributed by atoms with Crippen molar-refractivity contribution in [1.82, 2.24) is 9.80 Å². The molecular weight excluding hydrogens is 342 g/mol. The Morgan fingerprint density at radius 2 is 1.93 bits per heavy atom. The summed E-state index contributed by atoms with van der Waals surface area (Å²) in [5, 5.41) is 0. The van der Waals surface area contributed by atoms with Crippen LogP contribution in [0, 0.1) is 5.92 Å². The fourth-order valence-corrected chi connectivity index (χ4v) is 4.88. The van der Waals surface area contributed by atoms with Crippen LogP contribution in [0.3, 0.4) is 0 Å². The molecule has 0 radical (unpaired) electrons. The van der Waals surface area contributed by atoms with Crippen molar-refractivity contribution in [1.29, 1.82) is 0 Å². The van der Waals surface area contributed by atoms with Gasteiger partial charge in [0.05, 0.1) is 12.1 Å². The number of hydrogen-bond acceptors (Lipinski definition) is 4. The number of carbonyl (C=O) groups excluding carboxylic acids is 2. The van der Waals surface area contributed by atoms with Crippen molar-refractivity contribution >= 4 is 17.5 Å². The highest BCUT2D eigenvalue weighted by molar-refractivity contribution is 5.98. The summed E-state index contributed by atoms with van der Waals surface area (Å²) in [4.78, 5) is 31.3. The standard InChI is InChI=1S/C21H29N3O3/c1-17(25)24-14-20(26)23(19-5-3-2-4-6-19)16-21(24)9-10-22(15-21)13-18-7-11-27-12-8-18/h2-6,18H,7-16H2,1H3/t21-/m0/s1. The summed E-state index contributed by atoms with van der Waals surface area (Å²) in [6, 6.07) is 9.83. The van der Waals surface area contributed by atoms with Gasteiger partial charge in [-0.05, 0) is 37.3 Å². The van der Waals surface area contributed by atoms with Gasteiger partial charge in [0.2, 0.25) is 11.8 Å². The first-order valence-corrected chi connectivity index (χ1v) is 10.0. The van der Waals surface area contributed by atoms with Crippen LogP contribution in [0.5, 0.6) is 0 Å². The molecule has 0 saturated carbocycles.